The maximum Gasteiger partial charge on any atom is 0.407 e. The van der Waals surface area contributed by atoms with Crippen LogP contribution < -0.4 is 10.6 Å². The van der Waals surface area contributed by atoms with Crippen molar-refractivity contribution in [2.24, 2.45) is 0 Å². The molecule has 1 rings (SSSR count). The first-order valence-corrected chi connectivity index (χ1v) is 5.92. The summed E-state index contributed by atoms with van der Waals surface area (Å²) in [4.78, 5) is 22.6. The molecule has 0 spiro atoms. The van der Waals surface area contributed by atoms with Crippen LogP contribution in [0.1, 0.15) is 5.56 Å². The normalized spacial score (nSPS) is 9.74. The molecule has 6 heteroatoms. The Hall–Kier alpha value is -2.08. The number of ether oxygens (including phenoxy) is 2. The van der Waals surface area contributed by atoms with Gasteiger partial charge in [-0.1, -0.05) is 30.3 Å². The molecule has 0 unspecified atom stereocenters. The standard InChI is InChI=1S/C13H18N2O4/c1-18-8-7-14-12(16)9-15-13(17)19-10-11-5-3-2-4-6-11/h2-6H,7-10H2,1H3,(H,14,16)(H,15,17). The van der Waals surface area contributed by atoms with E-state index in [-0.39, 0.29) is 19.1 Å². The van der Waals surface area contributed by atoms with Gasteiger partial charge >= 0.3 is 6.09 Å². The molecule has 6 nitrogen and oxygen atoms in total. The van der Waals surface area contributed by atoms with E-state index in [1.807, 2.05) is 30.3 Å². The van der Waals surface area contributed by atoms with Crippen LogP contribution in [-0.2, 0) is 20.9 Å². The maximum absolute atomic E-state index is 11.3. The molecular formula is C13H18N2O4. The largest absolute Gasteiger partial charge is 0.445 e. The molecule has 2 N–H and O–H groups in total. The average Bonchev–Trinajstić information content (AvgIpc) is 2.44. The minimum absolute atomic E-state index is 0.114. The first-order valence-electron chi connectivity index (χ1n) is 5.92. The summed E-state index contributed by atoms with van der Waals surface area (Å²) >= 11 is 0. The Morgan fingerprint density at radius 2 is 1.89 bits per heavy atom. The van der Waals surface area contributed by atoms with E-state index in [9.17, 15) is 9.59 Å². The summed E-state index contributed by atoms with van der Waals surface area (Å²) < 4.78 is 9.73. The van der Waals surface area contributed by atoms with Crippen molar-refractivity contribution in [3.63, 3.8) is 0 Å². The van der Waals surface area contributed by atoms with Crippen molar-refractivity contribution >= 4 is 12.0 Å². The molecule has 0 saturated heterocycles. The third-order valence-electron chi connectivity index (χ3n) is 2.23. The second-order valence-corrected chi connectivity index (χ2v) is 3.76. The number of carbonyl (C=O) groups is 2. The first kappa shape index (κ1) is 15.0. The van der Waals surface area contributed by atoms with Gasteiger partial charge in [-0.2, -0.15) is 0 Å². The second-order valence-electron chi connectivity index (χ2n) is 3.76. The lowest BCUT2D eigenvalue weighted by molar-refractivity contribution is -0.120. The van der Waals surface area contributed by atoms with Gasteiger partial charge < -0.3 is 20.1 Å². The van der Waals surface area contributed by atoms with Crippen LogP contribution in [0.15, 0.2) is 30.3 Å². The van der Waals surface area contributed by atoms with E-state index in [2.05, 4.69) is 10.6 Å². The lowest BCUT2D eigenvalue weighted by Crippen LogP contribution is -2.38. The first-order chi connectivity index (χ1) is 9.22. The van der Waals surface area contributed by atoms with Crippen LogP contribution in [-0.4, -0.2) is 38.8 Å². The monoisotopic (exact) mass is 266 g/mol. The Kier molecular flexibility index (Phi) is 7.04. The molecule has 19 heavy (non-hydrogen) atoms. The highest BCUT2D eigenvalue weighted by Gasteiger charge is 2.05. The lowest BCUT2D eigenvalue weighted by Gasteiger charge is -2.07. The summed E-state index contributed by atoms with van der Waals surface area (Å²) in [6, 6.07) is 9.31. The van der Waals surface area contributed by atoms with Crippen LogP contribution in [0.5, 0.6) is 0 Å². The number of nitrogens with one attached hydrogen (secondary N) is 2. The zero-order valence-corrected chi connectivity index (χ0v) is 10.8. The van der Waals surface area contributed by atoms with E-state index in [1.54, 1.807) is 7.11 Å². The molecule has 0 bridgehead atoms. The second kappa shape index (κ2) is 8.93. The number of amides is 2. The molecule has 0 fully saturated rings. The van der Waals surface area contributed by atoms with Crippen molar-refractivity contribution in [3.05, 3.63) is 35.9 Å². The van der Waals surface area contributed by atoms with E-state index in [0.717, 1.165) is 5.56 Å². The van der Waals surface area contributed by atoms with Gasteiger partial charge in [0.15, 0.2) is 0 Å². The van der Waals surface area contributed by atoms with E-state index in [4.69, 9.17) is 9.47 Å². The molecule has 0 aliphatic rings. The quantitative estimate of drug-likeness (QED) is 0.711. The molecule has 0 heterocycles. The Morgan fingerprint density at radius 1 is 1.16 bits per heavy atom. The number of benzene rings is 1. The van der Waals surface area contributed by atoms with Crippen molar-refractivity contribution in [2.75, 3.05) is 26.8 Å². The molecule has 0 aliphatic heterocycles. The number of methoxy groups -OCH3 is 1. The zero-order chi connectivity index (χ0) is 13.9. The van der Waals surface area contributed by atoms with Gasteiger partial charge in [-0.25, -0.2) is 4.79 Å². The van der Waals surface area contributed by atoms with Gasteiger partial charge in [0.2, 0.25) is 5.91 Å². The van der Waals surface area contributed by atoms with Gasteiger partial charge in [0, 0.05) is 13.7 Å². The summed E-state index contributed by atoms with van der Waals surface area (Å²) in [6.07, 6.45) is -0.620. The van der Waals surface area contributed by atoms with Crippen molar-refractivity contribution in [1.29, 1.82) is 0 Å². The summed E-state index contributed by atoms with van der Waals surface area (Å²) in [7, 11) is 1.55. The molecule has 1 aromatic rings. The molecule has 0 radical (unpaired) electrons. The Balaban J connectivity index is 2.12. The molecule has 0 aliphatic carbocycles. The zero-order valence-electron chi connectivity index (χ0n) is 10.8. The molecule has 0 aromatic heterocycles. The predicted molar refractivity (Wildman–Crippen MR) is 69.5 cm³/mol. The summed E-state index contributed by atoms with van der Waals surface area (Å²) in [5.74, 6) is -0.284. The highest BCUT2D eigenvalue weighted by molar-refractivity contribution is 5.82. The fourth-order valence-electron chi connectivity index (χ4n) is 1.28. The number of rotatable bonds is 7. The van der Waals surface area contributed by atoms with Gasteiger partial charge in [0.05, 0.1) is 13.2 Å². The van der Waals surface area contributed by atoms with Crippen LogP contribution in [0.3, 0.4) is 0 Å². The van der Waals surface area contributed by atoms with Crippen molar-refractivity contribution in [1.82, 2.24) is 10.6 Å². The van der Waals surface area contributed by atoms with E-state index in [0.29, 0.717) is 13.2 Å². The van der Waals surface area contributed by atoms with Crippen molar-refractivity contribution in [3.8, 4) is 0 Å². The SMILES string of the molecule is COCCNC(=O)CNC(=O)OCc1ccccc1. The van der Waals surface area contributed by atoms with Crippen LogP contribution in [0.25, 0.3) is 0 Å². The van der Waals surface area contributed by atoms with Gasteiger partial charge in [-0.3, -0.25) is 4.79 Å². The van der Waals surface area contributed by atoms with Crippen LogP contribution in [0.2, 0.25) is 0 Å². The van der Waals surface area contributed by atoms with E-state index in [1.165, 1.54) is 0 Å². The van der Waals surface area contributed by atoms with Crippen LogP contribution in [0, 0.1) is 0 Å². The molecule has 0 saturated carbocycles. The Morgan fingerprint density at radius 3 is 2.58 bits per heavy atom. The minimum Gasteiger partial charge on any atom is -0.445 e. The fraction of sp³-hybridized carbons (Fsp3) is 0.385. The molecule has 104 valence electrons. The number of alkyl carbamates (subject to hydrolysis) is 1. The third kappa shape index (κ3) is 7.05. The number of hydrogen-bond donors (Lipinski definition) is 2. The molecule has 1 aromatic carbocycles. The molecule has 0 atom stereocenters. The van der Waals surface area contributed by atoms with Crippen LogP contribution >= 0.6 is 0 Å². The van der Waals surface area contributed by atoms with Crippen LogP contribution in [0.4, 0.5) is 4.79 Å². The van der Waals surface area contributed by atoms with E-state index < -0.39 is 6.09 Å². The lowest BCUT2D eigenvalue weighted by atomic mass is 10.2. The fourth-order valence-corrected chi connectivity index (χ4v) is 1.28. The smallest absolute Gasteiger partial charge is 0.407 e. The topological polar surface area (TPSA) is 76.7 Å². The summed E-state index contributed by atoms with van der Waals surface area (Å²) in [5.41, 5.74) is 0.891. The Bertz CT molecular complexity index is 395. The summed E-state index contributed by atoms with van der Waals surface area (Å²) in [5, 5.41) is 4.94. The average molecular weight is 266 g/mol. The predicted octanol–water partition coefficient (Wildman–Crippen LogP) is 0.675. The highest BCUT2D eigenvalue weighted by Crippen LogP contribution is 2.00. The van der Waals surface area contributed by atoms with Gasteiger partial charge in [-0.15, -0.1) is 0 Å². The third-order valence-corrected chi connectivity index (χ3v) is 2.23. The highest BCUT2D eigenvalue weighted by atomic mass is 16.5. The Labute approximate surface area is 112 Å². The van der Waals surface area contributed by atoms with Crippen molar-refractivity contribution < 1.29 is 19.1 Å². The molecule has 2 amide bonds. The number of hydrogen-bond acceptors (Lipinski definition) is 4. The molecular weight excluding hydrogens is 248 g/mol. The summed E-state index contributed by atoms with van der Waals surface area (Å²) in [6.45, 7) is 0.912. The van der Waals surface area contributed by atoms with Crippen molar-refractivity contribution in [2.45, 2.75) is 6.61 Å². The van der Waals surface area contributed by atoms with E-state index >= 15 is 0 Å². The maximum atomic E-state index is 11.3. The van der Waals surface area contributed by atoms with Gasteiger partial charge in [0.25, 0.3) is 0 Å². The number of carbonyl (C=O) groups excluding carboxylic acids is 2. The minimum atomic E-state index is -0.620. The van der Waals surface area contributed by atoms with Gasteiger partial charge in [-0.05, 0) is 5.56 Å². The van der Waals surface area contributed by atoms with Gasteiger partial charge in [0.1, 0.15) is 6.61 Å².